The third kappa shape index (κ3) is 4.91. The average Bonchev–Trinajstić information content (AvgIpc) is 2.78. The number of rotatable bonds is 5. The van der Waals surface area contributed by atoms with Gasteiger partial charge in [0.25, 0.3) is 5.91 Å². The Labute approximate surface area is 200 Å². The van der Waals surface area contributed by atoms with Gasteiger partial charge < -0.3 is 10.1 Å². The number of carbonyl (C=O) groups excluding carboxylic acids is 2. The molecule has 0 saturated heterocycles. The molecule has 33 heavy (non-hydrogen) atoms. The zero-order chi connectivity index (χ0) is 23.7. The summed E-state index contributed by atoms with van der Waals surface area (Å²) in [7, 11) is 0. The van der Waals surface area contributed by atoms with E-state index < -0.39 is 23.8 Å². The van der Waals surface area contributed by atoms with Crippen LogP contribution < -0.4 is 5.32 Å². The minimum atomic E-state index is -1.12. The molecule has 0 aliphatic carbocycles. The highest BCUT2D eigenvalue weighted by atomic mass is 79.9. The molecule has 1 unspecified atom stereocenters. The summed E-state index contributed by atoms with van der Waals surface area (Å²) in [5.74, 6) is -1.78. The van der Waals surface area contributed by atoms with Crippen LogP contribution in [-0.2, 0) is 22.5 Å². The van der Waals surface area contributed by atoms with Gasteiger partial charge in [0.05, 0.1) is 16.8 Å². The van der Waals surface area contributed by atoms with Gasteiger partial charge in [-0.1, -0.05) is 34.1 Å². The monoisotopic (exact) mass is 513 g/mol. The molecule has 1 amide bonds. The van der Waals surface area contributed by atoms with E-state index in [0.717, 1.165) is 29.7 Å². The lowest BCUT2D eigenvalue weighted by atomic mass is 9.95. The first-order valence-electron chi connectivity index (χ1n) is 10.9. The van der Waals surface area contributed by atoms with E-state index in [-0.39, 0.29) is 5.69 Å². The van der Waals surface area contributed by atoms with Crippen LogP contribution in [0.15, 0.2) is 46.9 Å². The molecule has 2 aromatic carbocycles. The number of para-hydroxylation sites is 1. The summed E-state index contributed by atoms with van der Waals surface area (Å²) in [5, 5.41) is 3.18. The fraction of sp³-hybridized carbons (Fsp3) is 0.320. The zero-order valence-corrected chi connectivity index (χ0v) is 20.3. The lowest BCUT2D eigenvalue weighted by Crippen LogP contribution is -2.38. The molecule has 6 nitrogen and oxygen atoms in total. The van der Waals surface area contributed by atoms with Crippen molar-refractivity contribution < 1.29 is 18.7 Å². The van der Waals surface area contributed by atoms with Crippen molar-refractivity contribution in [2.24, 2.45) is 0 Å². The summed E-state index contributed by atoms with van der Waals surface area (Å²) >= 11 is 3.18. The number of nitrogens with zero attached hydrogens (tertiary/aromatic N) is 2. The second-order valence-electron chi connectivity index (χ2n) is 8.40. The summed E-state index contributed by atoms with van der Waals surface area (Å²) < 4.78 is 20.2. The third-order valence-corrected chi connectivity index (χ3v) is 6.35. The number of hydrogen-bond donors (Lipinski definition) is 1. The van der Waals surface area contributed by atoms with Gasteiger partial charge in [-0.05, 0) is 45.0 Å². The molecule has 0 bridgehead atoms. The number of esters is 1. The quantitative estimate of drug-likeness (QED) is 0.481. The summed E-state index contributed by atoms with van der Waals surface area (Å²) in [6, 6.07) is 12.1. The molecule has 1 atom stereocenters. The van der Waals surface area contributed by atoms with E-state index in [1.807, 2.05) is 24.3 Å². The van der Waals surface area contributed by atoms with Crippen molar-refractivity contribution in [3.63, 3.8) is 0 Å². The topological polar surface area (TPSA) is 71.5 Å². The standard InChI is InChI=1S/C25H25BrFN3O3/c1-14(2)30-11-10-21-18(13-30)23(17-6-4-5-7-20(17)28-21)25(32)33-15(3)24(31)29-22-9-8-16(26)12-19(22)27/h4-9,12,14-15H,10-11,13H2,1-3H3,(H,29,31). The fourth-order valence-electron chi connectivity index (χ4n) is 3.98. The van der Waals surface area contributed by atoms with Crippen molar-refractivity contribution in [3.05, 3.63) is 69.6 Å². The van der Waals surface area contributed by atoms with E-state index in [1.54, 1.807) is 6.07 Å². The van der Waals surface area contributed by atoms with Gasteiger partial charge >= 0.3 is 5.97 Å². The number of benzene rings is 2. The Bertz CT molecular complexity index is 1230. The highest BCUT2D eigenvalue weighted by Crippen LogP contribution is 2.30. The van der Waals surface area contributed by atoms with Crippen molar-refractivity contribution in [1.82, 2.24) is 9.88 Å². The molecule has 8 heteroatoms. The van der Waals surface area contributed by atoms with Gasteiger partial charge in [-0.15, -0.1) is 0 Å². The third-order valence-electron chi connectivity index (χ3n) is 5.85. The molecular weight excluding hydrogens is 489 g/mol. The molecule has 1 N–H and O–H groups in total. The van der Waals surface area contributed by atoms with Crippen molar-refractivity contribution in [2.75, 3.05) is 11.9 Å². The van der Waals surface area contributed by atoms with Crippen LogP contribution in [0.3, 0.4) is 0 Å². The molecule has 0 fully saturated rings. The highest BCUT2D eigenvalue weighted by Gasteiger charge is 2.29. The van der Waals surface area contributed by atoms with Crippen LogP contribution in [0, 0.1) is 5.82 Å². The predicted molar refractivity (Wildman–Crippen MR) is 129 cm³/mol. The number of hydrogen-bond acceptors (Lipinski definition) is 5. The van der Waals surface area contributed by atoms with Crippen molar-refractivity contribution in [1.29, 1.82) is 0 Å². The smallest absolute Gasteiger partial charge is 0.339 e. The van der Waals surface area contributed by atoms with Gasteiger partial charge in [-0.25, -0.2) is 9.18 Å². The second kappa shape index (κ2) is 9.57. The van der Waals surface area contributed by atoms with Crippen LogP contribution >= 0.6 is 15.9 Å². The Kier molecular flexibility index (Phi) is 6.76. The second-order valence-corrected chi connectivity index (χ2v) is 9.32. The number of fused-ring (bicyclic) bond motifs is 2. The van der Waals surface area contributed by atoms with Gasteiger partial charge in [0.2, 0.25) is 0 Å². The molecule has 172 valence electrons. The maximum atomic E-state index is 14.1. The SMILES string of the molecule is CC(OC(=O)c1c2c(nc3ccccc13)CCN(C(C)C)C2)C(=O)Nc1ccc(Br)cc1F. The van der Waals surface area contributed by atoms with Gasteiger partial charge in [0.15, 0.2) is 6.10 Å². The molecule has 4 rings (SSSR count). The van der Waals surface area contributed by atoms with Crippen LogP contribution in [0.4, 0.5) is 10.1 Å². The molecular formula is C25H25BrFN3O3. The molecule has 0 saturated carbocycles. The summed E-state index contributed by atoms with van der Waals surface area (Å²) in [4.78, 5) is 33.0. The van der Waals surface area contributed by atoms with E-state index in [1.165, 1.54) is 19.1 Å². The van der Waals surface area contributed by atoms with Gasteiger partial charge in [-0.3, -0.25) is 14.7 Å². The normalized spacial score (nSPS) is 14.7. The number of anilines is 1. The molecule has 3 aromatic rings. The van der Waals surface area contributed by atoms with E-state index in [4.69, 9.17) is 9.72 Å². The fourth-order valence-corrected chi connectivity index (χ4v) is 4.32. The molecule has 1 aliphatic heterocycles. The Morgan fingerprint density at radius 2 is 1.94 bits per heavy atom. The number of halogens is 2. The Morgan fingerprint density at radius 1 is 1.18 bits per heavy atom. The minimum Gasteiger partial charge on any atom is -0.449 e. The summed E-state index contributed by atoms with van der Waals surface area (Å²) in [5.41, 5.74) is 2.90. The number of pyridine rings is 1. The number of carbonyl (C=O) groups is 2. The summed E-state index contributed by atoms with van der Waals surface area (Å²) in [6.07, 6.45) is -0.384. The average molecular weight is 514 g/mol. The van der Waals surface area contributed by atoms with Crippen LogP contribution in [-0.4, -0.2) is 40.5 Å². The maximum absolute atomic E-state index is 14.1. The van der Waals surface area contributed by atoms with Crippen LogP contribution in [0.2, 0.25) is 0 Å². The largest absolute Gasteiger partial charge is 0.449 e. The lowest BCUT2D eigenvalue weighted by molar-refractivity contribution is -0.123. The number of ether oxygens (including phenoxy) is 1. The van der Waals surface area contributed by atoms with E-state index in [2.05, 4.69) is 40.0 Å². The van der Waals surface area contributed by atoms with Crippen molar-refractivity contribution in [2.45, 2.75) is 45.9 Å². The van der Waals surface area contributed by atoms with Crippen LogP contribution in [0.1, 0.15) is 42.4 Å². The Hall–Kier alpha value is -2.84. The number of aromatic nitrogens is 1. The van der Waals surface area contributed by atoms with Crippen molar-refractivity contribution >= 4 is 44.4 Å². The van der Waals surface area contributed by atoms with Gasteiger partial charge in [0, 0.05) is 46.7 Å². The molecule has 0 radical (unpaired) electrons. The predicted octanol–water partition coefficient (Wildman–Crippen LogP) is 5.09. The van der Waals surface area contributed by atoms with Crippen LogP contribution in [0.25, 0.3) is 10.9 Å². The molecule has 1 aliphatic rings. The van der Waals surface area contributed by atoms with E-state index in [9.17, 15) is 14.0 Å². The van der Waals surface area contributed by atoms with Gasteiger partial charge in [0.1, 0.15) is 5.82 Å². The van der Waals surface area contributed by atoms with E-state index >= 15 is 0 Å². The zero-order valence-electron chi connectivity index (χ0n) is 18.7. The first-order valence-corrected chi connectivity index (χ1v) is 11.7. The number of nitrogens with one attached hydrogen (secondary N) is 1. The Morgan fingerprint density at radius 3 is 2.67 bits per heavy atom. The van der Waals surface area contributed by atoms with E-state index in [0.29, 0.717) is 28.0 Å². The first kappa shape index (κ1) is 23.3. The molecule has 2 heterocycles. The molecule has 1 aromatic heterocycles. The van der Waals surface area contributed by atoms with Crippen LogP contribution in [0.5, 0.6) is 0 Å². The molecule has 0 spiro atoms. The first-order chi connectivity index (χ1) is 15.7. The summed E-state index contributed by atoms with van der Waals surface area (Å²) in [6.45, 7) is 7.15. The maximum Gasteiger partial charge on any atom is 0.339 e. The highest BCUT2D eigenvalue weighted by molar-refractivity contribution is 9.10. The minimum absolute atomic E-state index is 0.0189. The van der Waals surface area contributed by atoms with Gasteiger partial charge in [-0.2, -0.15) is 0 Å². The van der Waals surface area contributed by atoms with Crippen molar-refractivity contribution in [3.8, 4) is 0 Å². The number of amides is 1. The lowest BCUT2D eigenvalue weighted by Gasteiger charge is -2.32. The Balaban J connectivity index is 1.62.